The van der Waals surface area contributed by atoms with E-state index in [0.717, 1.165) is 12.8 Å². The highest BCUT2D eigenvalue weighted by Crippen LogP contribution is 2.28. The van der Waals surface area contributed by atoms with E-state index in [1.807, 2.05) is 0 Å². The maximum atomic E-state index is 13.0. The molecule has 1 heterocycles. The molecule has 0 bridgehead atoms. The maximum Gasteiger partial charge on any atom is 0.255 e. The lowest BCUT2D eigenvalue weighted by atomic mass is 10.0. The van der Waals surface area contributed by atoms with Gasteiger partial charge in [-0.25, -0.2) is 8.42 Å². The van der Waals surface area contributed by atoms with Crippen molar-refractivity contribution in [1.82, 2.24) is 9.62 Å². The normalized spacial score (nSPS) is 15.7. The highest BCUT2D eigenvalue weighted by molar-refractivity contribution is 7.89. The molecule has 0 saturated carbocycles. The fourth-order valence-electron chi connectivity index (χ4n) is 3.34. The lowest BCUT2D eigenvalue weighted by Gasteiger charge is -2.29. The lowest BCUT2D eigenvalue weighted by Crippen LogP contribution is -2.38. The van der Waals surface area contributed by atoms with Crippen LogP contribution < -0.4 is 10.1 Å². The van der Waals surface area contributed by atoms with Crippen molar-refractivity contribution >= 4 is 39.1 Å². The quantitative estimate of drug-likeness (QED) is 0.680. The van der Waals surface area contributed by atoms with E-state index in [1.165, 1.54) is 29.6 Å². The molecule has 30 heavy (non-hydrogen) atoms. The third-order valence-electron chi connectivity index (χ3n) is 5.25. The number of halogens is 2. The predicted molar refractivity (Wildman–Crippen MR) is 118 cm³/mol. The van der Waals surface area contributed by atoms with E-state index in [-0.39, 0.29) is 17.0 Å². The molecule has 9 heteroatoms. The molecular formula is C21H24Cl2N2O4S. The van der Waals surface area contributed by atoms with Gasteiger partial charge >= 0.3 is 0 Å². The SMILES string of the molecule is COc1ccc(S(=O)(=O)N2CCC(C)CC2)cc1C(=O)NCc1ccc(Cl)cc1Cl. The van der Waals surface area contributed by atoms with Crippen LogP contribution in [0.4, 0.5) is 0 Å². The van der Waals surface area contributed by atoms with Crippen molar-refractivity contribution in [2.45, 2.75) is 31.2 Å². The number of amides is 1. The Kier molecular flexibility index (Phi) is 7.29. The van der Waals surface area contributed by atoms with E-state index in [9.17, 15) is 13.2 Å². The predicted octanol–water partition coefficient (Wildman–Crippen LogP) is 4.35. The first-order chi connectivity index (χ1) is 14.2. The second-order valence-electron chi connectivity index (χ2n) is 7.37. The monoisotopic (exact) mass is 470 g/mol. The molecule has 3 rings (SSSR count). The van der Waals surface area contributed by atoms with Crippen LogP contribution in [0.25, 0.3) is 0 Å². The number of carbonyl (C=O) groups is 1. The molecule has 1 aliphatic heterocycles. The third kappa shape index (κ3) is 5.09. The summed E-state index contributed by atoms with van der Waals surface area (Å²) in [5.41, 5.74) is 0.841. The zero-order chi connectivity index (χ0) is 21.9. The molecule has 1 aliphatic rings. The summed E-state index contributed by atoms with van der Waals surface area (Å²) in [6.45, 7) is 3.24. The Morgan fingerprint density at radius 2 is 1.87 bits per heavy atom. The number of ether oxygens (including phenoxy) is 1. The zero-order valence-corrected chi connectivity index (χ0v) is 19.1. The van der Waals surface area contributed by atoms with E-state index in [0.29, 0.717) is 40.4 Å². The third-order valence-corrected chi connectivity index (χ3v) is 7.73. The van der Waals surface area contributed by atoms with Gasteiger partial charge in [0, 0.05) is 29.7 Å². The number of hydrogen-bond donors (Lipinski definition) is 1. The van der Waals surface area contributed by atoms with Gasteiger partial charge in [-0.2, -0.15) is 4.31 Å². The number of nitrogens with one attached hydrogen (secondary N) is 1. The van der Waals surface area contributed by atoms with Crippen LogP contribution in [0.3, 0.4) is 0 Å². The standard InChI is InChI=1S/C21H24Cl2N2O4S/c1-14-7-9-25(10-8-14)30(27,28)17-5-6-20(29-2)18(12-17)21(26)24-13-15-3-4-16(22)11-19(15)23/h3-6,11-12,14H,7-10,13H2,1-2H3,(H,24,26). The Hall–Kier alpha value is -1.80. The molecule has 0 spiro atoms. The first kappa shape index (κ1) is 22.9. The van der Waals surface area contributed by atoms with Crippen LogP contribution in [0, 0.1) is 5.92 Å². The topological polar surface area (TPSA) is 75.7 Å². The van der Waals surface area contributed by atoms with Gasteiger partial charge in [0.2, 0.25) is 10.0 Å². The van der Waals surface area contributed by atoms with Crippen LogP contribution in [-0.4, -0.2) is 38.8 Å². The molecule has 2 aromatic rings. The molecule has 6 nitrogen and oxygen atoms in total. The molecule has 0 radical (unpaired) electrons. The fraction of sp³-hybridized carbons (Fsp3) is 0.381. The van der Waals surface area contributed by atoms with Crippen LogP contribution in [-0.2, 0) is 16.6 Å². The smallest absolute Gasteiger partial charge is 0.255 e. The summed E-state index contributed by atoms with van der Waals surface area (Å²) in [6, 6.07) is 9.34. The van der Waals surface area contributed by atoms with Crippen LogP contribution in [0.1, 0.15) is 35.7 Å². The molecule has 0 aromatic heterocycles. The first-order valence-corrected chi connectivity index (χ1v) is 11.8. The Labute approximate surface area is 187 Å². The van der Waals surface area contributed by atoms with E-state index in [4.69, 9.17) is 27.9 Å². The van der Waals surface area contributed by atoms with Gasteiger partial charge in [0.15, 0.2) is 0 Å². The molecule has 162 valence electrons. The van der Waals surface area contributed by atoms with E-state index < -0.39 is 15.9 Å². The molecule has 1 amide bonds. The molecule has 0 unspecified atom stereocenters. The summed E-state index contributed by atoms with van der Waals surface area (Å²) >= 11 is 12.1. The van der Waals surface area contributed by atoms with Crippen molar-refractivity contribution in [3.05, 3.63) is 57.6 Å². The molecule has 0 atom stereocenters. The molecule has 1 fully saturated rings. The number of rotatable bonds is 6. The molecular weight excluding hydrogens is 447 g/mol. The van der Waals surface area contributed by atoms with Gasteiger partial charge in [0.05, 0.1) is 17.6 Å². The fourth-order valence-corrected chi connectivity index (χ4v) is 5.31. The first-order valence-electron chi connectivity index (χ1n) is 9.62. The largest absolute Gasteiger partial charge is 0.496 e. The molecule has 2 aromatic carbocycles. The minimum Gasteiger partial charge on any atom is -0.496 e. The number of sulfonamides is 1. The maximum absolute atomic E-state index is 13.0. The summed E-state index contributed by atoms with van der Waals surface area (Å²) in [6.07, 6.45) is 1.65. The zero-order valence-electron chi connectivity index (χ0n) is 16.8. The molecule has 1 N–H and O–H groups in total. The highest BCUT2D eigenvalue weighted by atomic mass is 35.5. The minimum absolute atomic E-state index is 0.0764. The van der Waals surface area contributed by atoms with E-state index in [1.54, 1.807) is 18.2 Å². The van der Waals surface area contributed by atoms with Gasteiger partial charge in [-0.1, -0.05) is 36.2 Å². The van der Waals surface area contributed by atoms with Crippen molar-refractivity contribution in [3.8, 4) is 5.75 Å². The van der Waals surface area contributed by atoms with Gasteiger partial charge < -0.3 is 10.1 Å². The van der Waals surface area contributed by atoms with Crippen molar-refractivity contribution in [2.24, 2.45) is 5.92 Å². The lowest BCUT2D eigenvalue weighted by molar-refractivity contribution is 0.0947. The number of nitrogens with zero attached hydrogens (tertiary/aromatic N) is 1. The van der Waals surface area contributed by atoms with Gasteiger partial charge in [-0.3, -0.25) is 4.79 Å². The van der Waals surface area contributed by atoms with E-state index in [2.05, 4.69) is 12.2 Å². The average Bonchev–Trinajstić information content (AvgIpc) is 2.72. The Bertz CT molecular complexity index is 1040. The van der Waals surface area contributed by atoms with Crippen LogP contribution in [0.5, 0.6) is 5.75 Å². The number of benzene rings is 2. The second-order valence-corrected chi connectivity index (χ2v) is 10.1. The molecule has 0 aliphatic carbocycles. The van der Waals surface area contributed by atoms with Crippen molar-refractivity contribution in [1.29, 1.82) is 0 Å². The number of piperidine rings is 1. The van der Waals surface area contributed by atoms with Crippen LogP contribution in [0.15, 0.2) is 41.3 Å². The Morgan fingerprint density at radius 3 is 2.50 bits per heavy atom. The minimum atomic E-state index is -3.68. The second kappa shape index (κ2) is 9.56. The Balaban J connectivity index is 1.82. The molecule has 1 saturated heterocycles. The summed E-state index contributed by atoms with van der Waals surface area (Å²) in [7, 11) is -2.25. The number of carbonyl (C=O) groups excluding carboxylic acids is 1. The summed E-state index contributed by atoms with van der Waals surface area (Å²) in [4.78, 5) is 12.9. The van der Waals surface area contributed by atoms with Gasteiger partial charge in [-0.05, 0) is 54.7 Å². The summed E-state index contributed by atoms with van der Waals surface area (Å²) in [5, 5.41) is 3.70. The van der Waals surface area contributed by atoms with Gasteiger partial charge in [0.25, 0.3) is 5.91 Å². The van der Waals surface area contributed by atoms with Crippen molar-refractivity contribution in [3.63, 3.8) is 0 Å². The van der Waals surface area contributed by atoms with E-state index >= 15 is 0 Å². The van der Waals surface area contributed by atoms with Crippen LogP contribution in [0.2, 0.25) is 10.0 Å². The summed E-state index contributed by atoms with van der Waals surface area (Å²) < 4.78 is 32.8. The van der Waals surface area contributed by atoms with Gasteiger partial charge in [0.1, 0.15) is 5.75 Å². The van der Waals surface area contributed by atoms with Crippen molar-refractivity contribution < 1.29 is 17.9 Å². The average molecular weight is 471 g/mol. The van der Waals surface area contributed by atoms with Crippen LogP contribution >= 0.6 is 23.2 Å². The highest BCUT2D eigenvalue weighted by Gasteiger charge is 2.29. The summed E-state index contributed by atoms with van der Waals surface area (Å²) in [5.74, 6) is 0.344. The van der Waals surface area contributed by atoms with Gasteiger partial charge in [-0.15, -0.1) is 0 Å². The number of methoxy groups -OCH3 is 1. The Morgan fingerprint density at radius 1 is 1.17 bits per heavy atom. The van der Waals surface area contributed by atoms with Crippen molar-refractivity contribution in [2.75, 3.05) is 20.2 Å². The number of hydrogen-bond acceptors (Lipinski definition) is 4.